The summed E-state index contributed by atoms with van der Waals surface area (Å²) in [6.07, 6.45) is 0. The van der Waals surface area contributed by atoms with Gasteiger partial charge < -0.3 is 10.4 Å². The lowest BCUT2D eigenvalue weighted by Gasteiger charge is -2.49. The number of carbonyl (C=O) groups excluding carboxylic acids is 2. The van der Waals surface area contributed by atoms with Crippen molar-refractivity contribution in [1.29, 1.82) is 5.26 Å². The second-order valence-corrected chi connectivity index (χ2v) is 10.8. The highest BCUT2D eigenvalue weighted by molar-refractivity contribution is 8.01. The standard InChI is InChI=1S/C14H15N7O7S4/c15-1-2-29-5-8(22)16-9-11(23)21-10(13(24)25)7(3-30-12(9)21)4-31-14-17-18-19-20(14)6-32(26,27)28/h9,12H,2-6H2,(H,16,22)(H,24,25)(H,26,27,28)/t9?,12-/m1/s1. The highest BCUT2D eigenvalue weighted by Gasteiger charge is 2.54. The van der Waals surface area contributed by atoms with Crippen LogP contribution in [0.3, 0.4) is 0 Å². The average molecular weight is 522 g/mol. The number of rotatable bonds is 10. The first kappa shape index (κ1) is 24.3. The molecule has 1 aromatic heterocycles. The highest BCUT2D eigenvalue weighted by atomic mass is 32.2. The molecule has 2 aliphatic rings. The van der Waals surface area contributed by atoms with E-state index in [1.54, 1.807) is 0 Å². The van der Waals surface area contributed by atoms with Crippen LogP contribution >= 0.6 is 35.3 Å². The first-order valence-corrected chi connectivity index (χ1v) is 13.4. The third kappa shape index (κ3) is 5.53. The van der Waals surface area contributed by atoms with Gasteiger partial charge in [0.05, 0.1) is 17.6 Å². The van der Waals surface area contributed by atoms with Gasteiger partial charge in [-0.05, 0) is 16.0 Å². The summed E-state index contributed by atoms with van der Waals surface area (Å²) in [6.45, 7) is 0. The van der Waals surface area contributed by atoms with E-state index in [-0.39, 0.29) is 33.9 Å². The Morgan fingerprint density at radius 1 is 1.41 bits per heavy atom. The SMILES string of the molecule is N#CCSCC(=O)NC1C(=O)N2C(C(=O)O)=C(CSc3nnnn3CS(=O)(=O)O)CS[C@H]12. The fourth-order valence-corrected chi connectivity index (χ4v) is 6.27. The number of carbonyl (C=O) groups is 3. The molecule has 0 aromatic carbocycles. The van der Waals surface area contributed by atoms with Crippen molar-refractivity contribution in [2.24, 2.45) is 0 Å². The lowest BCUT2D eigenvalue weighted by atomic mass is 10.0. The molecule has 32 heavy (non-hydrogen) atoms. The van der Waals surface area contributed by atoms with E-state index in [9.17, 15) is 27.9 Å². The number of carboxylic acid groups (broad SMARTS) is 1. The van der Waals surface area contributed by atoms with Crippen LogP contribution in [0.2, 0.25) is 0 Å². The summed E-state index contributed by atoms with van der Waals surface area (Å²) in [5.41, 5.74) is 0.192. The maximum atomic E-state index is 12.6. The van der Waals surface area contributed by atoms with Gasteiger partial charge in [-0.15, -0.1) is 28.6 Å². The first-order valence-electron chi connectivity index (χ1n) is 8.60. The summed E-state index contributed by atoms with van der Waals surface area (Å²) in [6, 6.07) is 1.03. The molecule has 3 rings (SSSR count). The summed E-state index contributed by atoms with van der Waals surface area (Å²) in [4.78, 5) is 37.5. The van der Waals surface area contributed by atoms with Crippen molar-refractivity contribution in [1.82, 2.24) is 30.4 Å². The number of thioether (sulfide) groups is 3. The van der Waals surface area contributed by atoms with E-state index in [1.165, 1.54) is 11.8 Å². The molecule has 1 aromatic rings. The van der Waals surface area contributed by atoms with E-state index in [1.807, 2.05) is 6.07 Å². The Kier molecular flexibility index (Phi) is 7.66. The average Bonchev–Trinajstić information content (AvgIpc) is 3.14. The van der Waals surface area contributed by atoms with Crippen molar-refractivity contribution in [3.05, 3.63) is 11.3 Å². The van der Waals surface area contributed by atoms with Crippen molar-refractivity contribution in [3.63, 3.8) is 0 Å². The van der Waals surface area contributed by atoms with E-state index in [2.05, 4.69) is 20.8 Å². The quantitative estimate of drug-likeness (QED) is 0.140. The zero-order valence-electron chi connectivity index (χ0n) is 15.9. The molecule has 0 spiro atoms. The smallest absolute Gasteiger partial charge is 0.352 e. The molecular formula is C14H15N7O7S4. The van der Waals surface area contributed by atoms with Crippen LogP contribution in [0.15, 0.2) is 16.4 Å². The van der Waals surface area contributed by atoms with E-state index < -0.39 is 45.2 Å². The molecule has 172 valence electrons. The molecule has 2 amide bonds. The number of β-lactam (4-membered cyclic amide) rings is 1. The number of hydrogen-bond acceptors (Lipinski definition) is 12. The van der Waals surface area contributed by atoms with E-state index >= 15 is 0 Å². The lowest BCUT2D eigenvalue weighted by Crippen LogP contribution is -2.70. The number of hydrogen-bond donors (Lipinski definition) is 3. The number of tetrazole rings is 1. The maximum absolute atomic E-state index is 12.6. The molecule has 14 nitrogen and oxygen atoms in total. The van der Waals surface area contributed by atoms with E-state index in [0.29, 0.717) is 5.57 Å². The van der Waals surface area contributed by atoms with Crippen LogP contribution in [0.1, 0.15) is 0 Å². The Balaban J connectivity index is 1.69. The molecule has 3 heterocycles. The van der Waals surface area contributed by atoms with Gasteiger partial charge in [0.15, 0.2) is 5.88 Å². The number of nitrogens with one attached hydrogen (secondary N) is 1. The van der Waals surface area contributed by atoms with Gasteiger partial charge in [0.25, 0.3) is 16.0 Å². The zero-order chi connectivity index (χ0) is 23.5. The number of aliphatic carboxylic acids is 1. The van der Waals surface area contributed by atoms with E-state index in [4.69, 9.17) is 9.81 Å². The first-order chi connectivity index (χ1) is 15.1. The van der Waals surface area contributed by atoms with Crippen molar-refractivity contribution in [2.75, 3.05) is 23.0 Å². The van der Waals surface area contributed by atoms with Crippen molar-refractivity contribution >= 4 is 63.2 Å². The van der Waals surface area contributed by atoms with Gasteiger partial charge >= 0.3 is 5.97 Å². The molecule has 0 aliphatic carbocycles. The zero-order valence-corrected chi connectivity index (χ0v) is 19.2. The van der Waals surface area contributed by atoms with Crippen LogP contribution in [0.4, 0.5) is 0 Å². The number of aromatic nitrogens is 4. The predicted molar refractivity (Wildman–Crippen MR) is 113 cm³/mol. The van der Waals surface area contributed by atoms with Crippen LogP contribution < -0.4 is 5.32 Å². The van der Waals surface area contributed by atoms with Crippen LogP contribution in [0.25, 0.3) is 0 Å². The predicted octanol–water partition coefficient (Wildman–Crippen LogP) is -1.39. The Morgan fingerprint density at radius 3 is 2.81 bits per heavy atom. The van der Waals surface area contributed by atoms with Gasteiger partial charge in [-0.3, -0.25) is 19.0 Å². The van der Waals surface area contributed by atoms with Gasteiger partial charge in [0.1, 0.15) is 17.1 Å². The maximum Gasteiger partial charge on any atom is 0.352 e. The number of nitrogens with zero attached hydrogens (tertiary/aromatic N) is 6. The number of amides is 2. The number of fused-ring (bicyclic) bond motifs is 1. The van der Waals surface area contributed by atoms with Crippen LogP contribution in [0, 0.1) is 11.3 Å². The molecule has 2 aliphatic heterocycles. The van der Waals surface area contributed by atoms with Gasteiger partial charge in [-0.2, -0.15) is 13.7 Å². The summed E-state index contributed by atoms with van der Waals surface area (Å²) in [5.74, 6) is -2.70. The molecule has 1 fully saturated rings. The molecule has 18 heteroatoms. The minimum absolute atomic E-state index is 0.0104. The molecule has 2 atom stereocenters. The third-order valence-electron chi connectivity index (χ3n) is 4.13. The molecule has 0 radical (unpaired) electrons. The van der Waals surface area contributed by atoms with Crippen molar-refractivity contribution < 1.29 is 32.5 Å². The second-order valence-electron chi connectivity index (χ2n) is 6.32. The van der Waals surface area contributed by atoms with Gasteiger partial charge in [0, 0.05) is 11.5 Å². The molecule has 1 saturated heterocycles. The lowest BCUT2D eigenvalue weighted by molar-refractivity contribution is -0.150. The van der Waals surface area contributed by atoms with E-state index in [0.717, 1.165) is 33.1 Å². The second kappa shape index (κ2) is 10.1. The summed E-state index contributed by atoms with van der Waals surface area (Å²) >= 11 is 3.33. The minimum atomic E-state index is -4.38. The van der Waals surface area contributed by atoms with Crippen LogP contribution in [0.5, 0.6) is 0 Å². The fourth-order valence-electron chi connectivity index (χ4n) is 2.89. The van der Waals surface area contributed by atoms with Crippen LogP contribution in [-0.2, 0) is 30.4 Å². The number of nitriles is 1. The largest absolute Gasteiger partial charge is 0.477 e. The number of carboxylic acids is 1. The van der Waals surface area contributed by atoms with Crippen molar-refractivity contribution in [3.8, 4) is 6.07 Å². The monoisotopic (exact) mass is 521 g/mol. The molecular weight excluding hydrogens is 506 g/mol. The fraction of sp³-hybridized carbons (Fsp3) is 0.500. The normalized spacial score (nSPS) is 20.4. The summed E-state index contributed by atoms with van der Waals surface area (Å²) < 4.78 is 31.9. The van der Waals surface area contributed by atoms with Crippen molar-refractivity contribution in [2.45, 2.75) is 22.4 Å². The molecule has 0 saturated carbocycles. The summed E-state index contributed by atoms with van der Waals surface area (Å²) in [7, 11) is -4.38. The van der Waals surface area contributed by atoms with Gasteiger partial charge in [-0.1, -0.05) is 11.8 Å². The molecule has 3 N–H and O–H groups in total. The Morgan fingerprint density at radius 2 is 2.16 bits per heavy atom. The molecule has 0 bridgehead atoms. The Labute approximate surface area is 193 Å². The topological polar surface area (TPSA) is 208 Å². The summed E-state index contributed by atoms with van der Waals surface area (Å²) in [5, 5.41) is 30.7. The van der Waals surface area contributed by atoms with Gasteiger partial charge in [0.2, 0.25) is 11.1 Å². The molecule has 1 unspecified atom stereocenters. The highest BCUT2D eigenvalue weighted by Crippen LogP contribution is 2.41. The van der Waals surface area contributed by atoms with Gasteiger partial charge in [-0.25, -0.2) is 9.48 Å². The van der Waals surface area contributed by atoms with Crippen LogP contribution in [-0.4, -0.2) is 95.4 Å². The minimum Gasteiger partial charge on any atom is -0.477 e. The third-order valence-corrected chi connectivity index (χ3v) is 7.88. The Bertz CT molecular complexity index is 1110. The Hall–Kier alpha value is -2.33.